The Bertz CT molecular complexity index is 718. The number of hydrogen-bond donors (Lipinski definition) is 1. The lowest BCUT2D eigenvalue weighted by Gasteiger charge is -2.36. The van der Waals surface area contributed by atoms with Crippen molar-refractivity contribution in [1.82, 2.24) is 4.90 Å². The molecule has 1 aliphatic heterocycles. The highest BCUT2D eigenvalue weighted by Gasteiger charge is 2.22. The fraction of sp³-hybridized carbons (Fsp3) is 0.316. The summed E-state index contributed by atoms with van der Waals surface area (Å²) in [4.78, 5) is 16.9. The molecule has 0 radical (unpaired) electrons. The van der Waals surface area contributed by atoms with Gasteiger partial charge in [-0.15, -0.1) is 0 Å². The Balaban J connectivity index is 1.66. The zero-order chi connectivity index (χ0) is 16.4. The van der Waals surface area contributed by atoms with Crippen molar-refractivity contribution in [1.29, 1.82) is 0 Å². The Morgan fingerprint density at radius 2 is 1.74 bits per heavy atom. The van der Waals surface area contributed by atoms with Crippen LogP contribution in [0.2, 0.25) is 0 Å². The zero-order valence-corrected chi connectivity index (χ0v) is 13.7. The smallest absolute Gasteiger partial charge is 0.254 e. The van der Waals surface area contributed by atoms with Crippen LogP contribution in [-0.2, 0) is 0 Å². The largest absolute Gasteiger partial charge is 0.398 e. The molecule has 0 unspecified atom stereocenters. The van der Waals surface area contributed by atoms with Crippen molar-refractivity contribution in [2.75, 3.05) is 36.8 Å². The van der Waals surface area contributed by atoms with E-state index in [-0.39, 0.29) is 5.91 Å². The van der Waals surface area contributed by atoms with E-state index in [0.29, 0.717) is 11.3 Å². The molecule has 3 rings (SSSR count). The Labute approximate surface area is 137 Å². The lowest BCUT2D eigenvalue weighted by atomic mass is 10.1. The third kappa shape index (κ3) is 3.31. The highest BCUT2D eigenvalue weighted by molar-refractivity contribution is 5.95. The molecule has 0 aromatic heterocycles. The summed E-state index contributed by atoms with van der Waals surface area (Å²) in [6.07, 6.45) is 0. The Hall–Kier alpha value is -2.49. The molecule has 1 aliphatic rings. The molecular weight excluding hydrogens is 286 g/mol. The third-order valence-corrected chi connectivity index (χ3v) is 4.46. The summed E-state index contributed by atoms with van der Waals surface area (Å²) < 4.78 is 0. The van der Waals surface area contributed by atoms with E-state index in [1.807, 2.05) is 24.0 Å². The number of benzene rings is 2. The SMILES string of the molecule is Cc1cccc(N2CCN(C(=O)c3ccc(C)c(N)c3)CC2)c1. The number of carbonyl (C=O) groups excluding carboxylic acids is 1. The molecule has 2 aromatic carbocycles. The minimum atomic E-state index is 0.0700. The van der Waals surface area contributed by atoms with Crippen molar-refractivity contribution in [2.24, 2.45) is 0 Å². The van der Waals surface area contributed by atoms with E-state index in [1.165, 1.54) is 11.3 Å². The molecule has 120 valence electrons. The molecule has 1 fully saturated rings. The molecule has 1 saturated heterocycles. The minimum Gasteiger partial charge on any atom is -0.398 e. The van der Waals surface area contributed by atoms with Crippen LogP contribution in [-0.4, -0.2) is 37.0 Å². The minimum absolute atomic E-state index is 0.0700. The number of piperazine rings is 1. The van der Waals surface area contributed by atoms with Gasteiger partial charge in [-0.05, 0) is 49.2 Å². The zero-order valence-electron chi connectivity index (χ0n) is 13.7. The number of anilines is 2. The summed E-state index contributed by atoms with van der Waals surface area (Å²) in [5, 5.41) is 0. The predicted octanol–water partition coefficient (Wildman–Crippen LogP) is 2.85. The van der Waals surface area contributed by atoms with E-state index in [1.54, 1.807) is 6.07 Å². The van der Waals surface area contributed by atoms with Gasteiger partial charge in [0.15, 0.2) is 0 Å². The Kier molecular flexibility index (Phi) is 4.24. The van der Waals surface area contributed by atoms with Gasteiger partial charge in [0.05, 0.1) is 0 Å². The van der Waals surface area contributed by atoms with Gasteiger partial charge < -0.3 is 15.5 Å². The molecule has 2 N–H and O–H groups in total. The standard InChI is InChI=1S/C19H23N3O/c1-14-4-3-5-17(12-14)21-8-10-22(11-9-21)19(23)16-7-6-15(2)18(20)13-16/h3-7,12-13H,8-11,20H2,1-2H3. The summed E-state index contributed by atoms with van der Waals surface area (Å²) in [5.41, 5.74) is 10.8. The van der Waals surface area contributed by atoms with Crippen LogP contribution in [0.3, 0.4) is 0 Å². The number of amides is 1. The highest BCUT2D eigenvalue weighted by atomic mass is 16.2. The number of carbonyl (C=O) groups is 1. The molecule has 1 amide bonds. The van der Waals surface area contributed by atoms with Crippen molar-refractivity contribution in [3.05, 3.63) is 59.2 Å². The summed E-state index contributed by atoms with van der Waals surface area (Å²) >= 11 is 0. The average Bonchev–Trinajstić information content (AvgIpc) is 2.57. The third-order valence-electron chi connectivity index (χ3n) is 4.46. The number of nitrogens with zero attached hydrogens (tertiary/aromatic N) is 2. The Morgan fingerprint density at radius 1 is 1.00 bits per heavy atom. The Morgan fingerprint density at radius 3 is 2.39 bits per heavy atom. The van der Waals surface area contributed by atoms with Gasteiger partial charge in [-0.1, -0.05) is 18.2 Å². The van der Waals surface area contributed by atoms with Gasteiger partial charge in [-0.25, -0.2) is 0 Å². The molecule has 0 saturated carbocycles. The lowest BCUT2D eigenvalue weighted by molar-refractivity contribution is 0.0747. The van der Waals surface area contributed by atoms with Gasteiger partial charge in [0, 0.05) is 43.1 Å². The number of hydrogen-bond acceptors (Lipinski definition) is 3. The molecule has 4 nitrogen and oxygen atoms in total. The highest BCUT2D eigenvalue weighted by Crippen LogP contribution is 2.20. The van der Waals surface area contributed by atoms with Crippen LogP contribution in [0.1, 0.15) is 21.5 Å². The van der Waals surface area contributed by atoms with Crippen LogP contribution in [0, 0.1) is 13.8 Å². The monoisotopic (exact) mass is 309 g/mol. The molecular formula is C19H23N3O. The second-order valence-corrected chi connectivity index (χ2v) is 6.19. The van der Waals surface area contributed by atoms with Crippen LogP contribution < -0.4 is 10.6 Å². The predicted molar refractivity (Wildman–Crippen MR) is 94.9 cm³/mol. The molecule has 0 atom stereocenters. The molecule has 23 heavy (non-hydrogen) atoms. The van der Waals surface area contributed by atoms with Gasteiger partial charge >= 0.3 is 0 Å². The second kappa shape index (κ2) is 6.32. The average molecular weight is 309 g/mol. The number of rotatable bonds is 2. The number of nitrogen functional groups attached to an aromatic ring is 1. The van der Waals surface area contributed by atoms with E-state index >= 15 is 0 Å². The van der Waals surface area contributed by atoms with Crippen molar-refractivity contribution in [2.45, 2.75) is 13.8 Å². The van der Waals surface area contributed by atoms with Gasteiger partial charge in [0.2, 0.25) is 0 Å². The summed E-state index contributed by atoms with van der Waals surface area (Å²) in [5.74, 6) is 0.0700. The fourth-order valence-electron chi connectivity index (χ4n) is 2.95. The summed E-state index contributed by atoms with van der Waals surface area (Å²) in [7, 11) is 0. The van der Waals surface area contributed by atoms with Crippen LogP contribution in [0.5, 0.6) is 0 Å². The van der Waals surface area contributed by atoms with E-state index in [2.05, 4.69) is 36.1 Å². The van der Waals surface area contributed by atoms with Crippen molar-refractivity contribution < 1.29 is 4.79 Å². The van der Waals surface area contributed by atoms with Gasteiger partial charge in [-0.2, -0.15) is 0 Å². The molecule has 0 bridgehead atoms. The maximum atomic E-state index is 12.6. The van der Waals surface area contributed by atoms with E-state index < -0.39 is 0 Å². The summed E-state index contributed by atoms with van der Waals surface area (Å²) in [6, 6.07) is 14.1. The molecule has 1 heterocycles. The quantitative estimate of drug-likeness (QED) is 0.868. The van der Waals surface area contributed by atoms with Crippen molar-refractivity contribution in [3.8, 4) is 0 Å². The number of aryl methyl sites for hydroxylation is 2. The summed E-state index contributed by atoms with van der Waals surface area (Å²) in [6.45, 7) is 7.24. The maximum Gasteiger partial charge on any atom is 0.254 e. The second-order valence-electron chi connectivity index (χ2n) is 6.19. The fourth-order valence-corrected chi connectivity index (χ4v) is 2.95. The van der Waals surface area contributed by atoms with E-state index in [9.17, 15) is 4.79 Å². The van der Waals surface area contributed by atoms with Crippen LogP contribution in [0.15, 0.2) is 42.5 Å². The lowest BCUT2D eigenvalue weighted by Crippen LogP contribution is -2.48. The van der Waals surface area contributed by atoms with Gasteiger partial charge in [-0.3, -0.25) is 4.79 Å². The first-order chi connectivity index (χ1) is 11.0. The van der Waals surface area contributed by atoms with Crippen LogP contribution >= 0.6 is 0 Å². The number of nitrogens with two attached hydrogens (primary N) is 1. The van der Waals surface area contributed by atoms with E-state index in [0.717, 1.165) is 31.7 Å². The molecule has 0 aliphatic carbocycles. The normalized spacial score (nSPS) is 14.9. The van der Waals surface area contributed by atoms with Crippen LogP contribution in [0.4, 0.5) is 11.4 Å². The first-order valence-electron chi connectivity index (χ1n) is 8.01. The van der Waals surface area contributed by atoms with Crippen LogP contribution in [0.25, 0.3) is 0 Å². The topological polar surface area (TPSA) is 49.6 Å². The van der Waals surface area contributed by atoms with Gasteiger partial charge in [0.1, 0.15) is 0 Å². The van der Waals surface area contributed by atoms with Crippen molar-refractivity contribution >= 4 is 17.3 Å². The van der Waals surface area contributed by atoms with E-state index in [4.69, 9.17) is 5.73 Å². The molecule has 0 spiro atoms. The first kappa shape index (κ1) is 15.4. The van der Waals surface area contributed by atoms with Crippen molar-refractivity contribution in [3.63, 3.8) is 0 Å². The molecule has 2 aromatic rings. The first-order valence-corrected chi connectivity index (χ1v) is 8.01. The molecule has 4 heteroatoms. The van der Waals surface area contributed by atoms with Gasteiger partial charge in [0.25, 0.3) is 5.91 Å². The maximum absolute atomic E-state index is 12.6.